The second-order valence-electron chi connectivity index (χ2n) is 4.99. The van der Waals surface area contributed by atoms with Crippen molar-refractivity contribution in [1.82, 2.24) is 0 Å². The lowest BCUT2D eigenvalue weighted by Gasteiger charge is -2.35. The summed E-state index contributed by atoms with van der Waals surface area (Å²) in [6.45, 7) is 0. The number of carbonyl (C=O) groups excluding carboxylic acids is 1. The van der Waals surface area contributed by atoms with Crippen molar-refractivity contribution >= 4 is 5.97 Å². The van der Waals surface area contributed by atoms with Crippen LogP contribution in [0.5, 0.6) is 0 Å². The molecule has 0 bridgehead atoms. The summed E-state index contributed by atoms with van der Waals surface area (Å²) in [6.07, 6.45) is 13.0. The molecule has 86 valence electrons. The molecule has 2 rings (SSSR count). The van der Waals surface area contributed by atoms with Gasteiger partial charge in [-0.1, -0.05) is 44.9 Å². The lowest BCUT2D eigenvalue weighted by molar-refractivity contribution is -0.186. The highest BCUT2D eigenvalue weighted by molar-refractivity contribution is 5.78. The minimum absolute atomic E-state index is 0.0667. The first kappa shape index (κ1) is 11.0. The Hall–Kier alpha value is -0.530. The maximum Gasteiger partial charge on any atom is 0.313 e. The van der Waals surface area contributed by atoms with Crippen LogP contribution < -0.4 is 0 Å². The van der Waals surface area contributed by atoms with Gasteiger partial charge in [0.15, 0.2) is 0 Å². The Morgan fingerprint density at radius 1 is 0.800 bits per heavy atom. The first-order chi connectivity index (χ1) is 7.38. The molecular formula is C13H22O2. The van der Waals surface area contributed by atoms with Gasteiger partial charge in [-0.05, 0) is 19.3 Å². The number of carbonyl (C=O) groups is 1. The van der Waals surface area contributed by atoms with Gasteiger partial charge < -0.3 is 4.74 Å². The van der Waals surface area contributed by atoms with Crippen molar-refractivity contribution in [3.05, 3.63) is 0 Å². The average Bonchev–Trinajstić information content (AvgIpc) is 2.22. The molecule has 0 amide bonds. The third kappa shape index (κ3) is 2.96. The summed E-state index contributed by atoms with van der Waals surface area (Å²) in [6, 6.07) is 0. The molecule has 1 saturated heterocycles. The van der Waals surface area contributed by atoms with Gasteiger partial charge in [0.1, 0.15) is 6.10 Å². The Morgan fingerprint density at radius 3 is 1.93 bits per heavy atom. The summed E-state index contributed by atoms with van der Waals surface area (Å²) >= 11 is 0. The molecule has 2 atom stereocenters. The predicted octanol–water partition coefficient (Wildman–Crippen LogP) is 3.44. The van der Waals surface area contributed by atoms with E-state index in [0.717, 1.165) is 12.8 Å². The van der Waals surface area contributed by atoms with E-state index >= 15 is 0 Å². The van der Waals surface area contributed by atoms with Gasteiger partial charge in [-0.25, -0.2) is 0 Å². The van der Waals surface area contributed by atoms with E-state index in [-0.39, 0.29) is 18.0 Å². The summed E-state index contributed by atoms with van der Waals surface area (Å²) in [5.74, 6) is 0.321. The van der Waals surface area contributed by atoms with Crippen molar-refractivity contribution in [2.75, 3.05) is 0 Å². The lowest BCUT2D eigenvalue weighted by Crippen LogP contribution is -2.44. The molecule has 1 aliphatic heterocycles. The summed E-state index contributed by atoms with van der Waals surface area (Å²) in [4.78, 5) is 11.3. The topological polar surface area (TPSA) is 26.3 Å². The summed E-state index contributed by atoms with van der Waals surface area (Å²) in [5, 5.41) is 0. The molecule has 2 nitrogen and oxygen atoms in total. The first-order valence-corrected chi connectivity index (χ1v) is 6.58. The zero-order valence-corrected chi connectivity index (χ0v) is 9.54. The molecule has 2 fully saturated rings. The molecule has 0 N–H and O–H groups in total. The van der Waals surface area contributed by atoms with Crippen LogP contribution >= 0.6 is 0 Å². The highest BCUT2D eigenvalue weighted by Crippen LogP contribution is 2.32. The predicted molar refractivity (Wildman–Crippen MR) is 59.5 cm³/mol. The van der Waals surface area contributed by atoms with Crippen LogP contribution in [0.4, 0.5) is 0 Å². The van der Waals surface area contributed by atoms with Gasteiger partial charge in [0.25, 0.3) is 0 Å². The van der Waals surface area contributed by atoms with Crippen molar-refractivity contribution in [2.24, 2.45) is 5.92 Å². The minimum Gasteiger partial charge on any atom is -0.461 e. The van der Waals surface area contributed by atoms with E-state index in [4.69, 9.17) is 4.74 Å². The molecule has 0 spiro atoms. The number of rotatable bonds is 0. The molecule has 1 heterocycles. The molecule has 15 heavy (non-hydrogen) atoms. The second kappa shape index (κ2) is 5.53. The Morgan fingerprint density at radius 2 is 1.33 bits per heavy atom. The van der Waals surface area contributed by atoms with Crippen LogP contribution in [-0.2, 0) is 9.53 Å². The van der Waals surface area contributed by atoms with Gasteiger partial charge in [-0.15, -0.1) is 0 Å². The van der Waals surface area contributed by atoms with Crippen molar-refractivity contribution in [1.29, 1.82) is 0 Å². The molecule has 0 aromatic heterocycles. The van der Waals surface area contributed by atoms with Crippen LogP contribution in [0.1, 0.15) is 64.2 Å². The Kier molecular flexibility index (Phi) is 4.04. The van der Waals surface area contributed by atoms with E-state index in [0.29, 0.717) is 0 Å². The van der Waals surface area contributed by atoms with Gasteiger partial charge >= 0.3 is 5.97 Å². The van der Waals surface area contributed by atoms with E-state index in [9.17, 15) is 4.79 Å². The number of fused-ring (bicyclic) bond motifs is 1. The third-order valence-electron chi connectivity index (χ3n) is 3.77. The molecule has 2 aliphatic rings. The van der Waals surface area contributed by atoms with Gasteiger partial charge in [-0.2, -0.15) is 0 Å². The monoisotopic (exact) mass is 210 g/mol. The maximum absolute atomic E-state index is 11.3. The SMILES string of the molecule is O=C1O[C@@H]2CCCCCCCCCCC12. The van der Waals surface area contributed by atoms with Crippen LogP contribution in [0.3, 0.4) is 0 Å². The van der Waals surface area contributed by atoms with Gasteiger partial charge in [0, 0.05) is 0 Å². The van der Waals surface area contributed by atoms with Gasteiger partial charge in [0.05, 0.1) is 5.92 Å². The van der Waals surface area contributed by atoms with Crippen LogP contribution in [0, 0.1) is 5.92 Å². The molecule has 1 unspecified atom stereocenters. The molecule has 2 heteroatoms. The Bertz CT molecular complexity index is 213. The fourth-order valence-electron chi connectivity index (χ4n) is 2.73. The van der Waals surface area contributed by atoms with E-state index in [1.54, 1.807) is 0 Å². The van der Waals surface area contributed by atoms with E-state index in [2.05, 4.69) is 0 Å². The summed E-state index contributed by atoms with van der Waals surface area (Å²) in [5.41, 5.74) is 0. The Labute approximate surface area is 92.4 Å². The molecule has 0 aromatic carbocycles. The molecule has 1 saturated carbocycles. The molecule has 0 aromatic rings. The normalized spacial score (nSPS) is 34.0. The van der Waals surface area contributed by atoms with Crippen LogP contribution in [0.15, 0.2) is 0 Å². The van der Waals surface area contributed by atoms with Crippen molar-refractivity contribution in [3.63, 3.8) is 0 Å². The number of ether oxygens (including phenoxy) is 1. The smallest absolute Gasteiger partial charge is 0.313 e. The quantitative estimate of drug-likeness (QED) is 0.572. The lowest BCUT2D eigenvalue weighted by atomic mass is 9.87. The van der Waals surface area contributed by atoms with Crippen LogP contribution in [0.25, 0.3) is 0 Å². The summed E-state index contributed by atoms with van der Waals surface area (Å²) < 4.78 is 5.21. The van der Waals surface area contributed by atoms with E-state index in [1.165, 1.54) is 51.4 Å². The molecule has 1 aliphatic carbocycles. The zero-order valence-electron chi connectivity index (χ0n) is 9.54. The maximum atomic E-state index is 11.3. The van der Waals surface area contributed by atoms with Crippen molar-refractivity contribution in [3.8, 4) is 0 Å². The second-order valence-corrected chi connectivity index (χ2v) is 4.99. The van der Waals surface area contributed by atoms with E-state index in [1.807, 2.05) is 0 Å². The molecular weight excluding hydrogens is 188 g/mol. The molecule has 0 radical (unpaired) electrons. The number of esters is 1. The largest absolute Gasteiger partial charge is 0.461 e. The van der Waals surface area contributed by atoms with Crippen LogP contribution in [0.2, 0.25) is 0 Å². The minimum atomic E-state index is 0.0667. The van der Waals surface area contributed by atoms with Crippen LogP contribution in [-0.4, -0.2) is 12.1 Å². The first-order valence-electron chi connectivity index (χ1n) is 6.58. The Balaban J connectivity index is 1.78. The van der Waals surface area contributed by atoms with E-state index < -0.39 is 0 Å². The third-order valence-corrected chi connectivity index (χ3v) is 3.77. The highest BCUT2D eigenvalue weighted by Gasteiger charge is 2.40. The standard InChI is InChI=1S/C13H22O2/c14-13-11-9-7-5-3-1-2-4-6-8-10-12(11)15-13/h11-12H,1-10H2/t11?,12-/m1/s1. The fraction of sp³-hybridized carbons (Fsp3) is 0.923. The van der Waals surface area contributed by atoms with Crippen molar-refractivity contribution in [2.45, 2.75) is 70.3 Å². The van der Waals surface area contributed by atoms with Gasteiger partial charge in [-0.3, -0.25) is 4.79 Å². The van der Waals surface area contributed by atoms with Crippen molar-refractivity contribution < 1.29 is 9.53 Å². The summed E-state index contributed by atoms with van der Waals surface area (Å²) in [7, 11) is 0. The van der Waals surface area contributed by atoms with Gasteiger partial charge in [0.2, 0.25) is 0 Å². The fourth-order valence-corrected chi connectivity index (χ4v) is 2.73. The number of hydrogen-bond acceptors (Lipinski definition) is 2. The zero-order chi connectivity index (χ0) is 10.5. The highest BCUT2D eigenvalue weighted by atomic mass is 16.6. The average molecular weight is 210 g/mol. The number of hydrogen-bond donors (Lipinski definition) is 0.